The van der Waals surface area contributed by atoms with Gasteiger partial charge in [0, 0.05) is 0 Å². The summed E-state index contributed by atoms with van der Waals surface area (Å²) in [4.78, 5) is 23.6. The Kier molecular flexibility index (Phi) is 6.33. The van der Waals surface area contributed by atoms with Crippen LogP contribution in [0.2, 0.25) is 10.0 Å². The molecule has 0 unspecified atom stereocenters. The van der Waals surface area contributed by atoms with Crippen molar-refractivity contribution >= 4 is 35.1 Å². The minimum atomic E-state index is -1.26. The number of benzene rings is 2. The van der Waals surface area contributed by atoms with Gasteiger partial charge in [0.25, 0.3) is 5.91 Å². The van der Waals surface area contributed by atoms with E-state index in [1.807, 2.05) is 0 Å². The number of halogens is 4. The smallest absolute Gasteiger partial charge is 0.344 e. The summed E-state index contributed by atoms with van der Waals surface area (Å²) in [5.74, 6) is -4.01. The molecular formula is C17H13Cl2F2NO3. The third kappa shape index (κ3) is 4.90. The average molecular weight is 388 g/mol. The van der Waals surface area contributed by atoms with Gasteiger partial charge in [-0.15, -0.1) is 0 Å². The van der Waals surface area contributed by atoms with Crippen LogP contribution in [0.3, 0.4) is 0 Å². The summed E-state index contributed by atoms with van der Waals surface area (Å²) in [7, 11) is 0. The van der Waals surface area contributed by atoms with Gasteiger partial charge in [0.15, 0.2) is 6.61 Å². The molecule has 0 fully saturated rings. The van der Waals surface area contributed by atoms with Crippen LogP contribution < -0.4 is 5.32 Å². The Morgan fingerprint density at radius 1 is 1.12 bits per heavy atom. The SMILES string of the molecule is C[C@@H](NC(=O)COC(=O)c1c(F)cccc1F)c1ccc(Cl)c(Cl)c1. The molecule has 0 aliphatic carbocycles. The van der Waals surface area contributed by atoms with Crippen molar-refractivity contribution in [2.24, 2.45) is 0 Å². The highest BCUT2D eigenvalue weighted by Crippen LogP contribution is 2.25. The number of ether oxygens (including phenoxy) is 1. The second kappa shape index (κ2) is 8.27. The minimum Gasteiger partial charge on any atom is -0.452 e. The quantitative estimate of drug-likeness (QED) is 0.777. The first kappa shape index (κ1) is 19.1. The van der Waals surface area contributed by atoms with Gasteiger partial charge >= 0.3 is 5.97 Å². The maximum atomic E-state index is 13.5. The summed E-state index contributed by atoms with van der Waals surface area (Å²) in [5.41, 5.74) is -0.151. The fourth-order valence-electron chi connectivity index (χ4n) is 2.04. The average Bonchev–Trinajstić information content (AvgIpc) is 2.55. The maximum absolute atomic E-state index is 13.5. The Labute approximate surface area is 152 Å². The number of nitrogens with one attached hydrogen (secondary N) is 1. The van der Waals surface area contributed by atoms with E-state index in [0.29, 0.717) is 15.6 Å². The van der Waals surface area contributed by atoms with Crippen LogP contribution in [0.5, 0.6) is 0 Å². The fourth-order valence-corrected chi connectivity index (χ4v) is 2.35. The van der Waals surface area contributed by atoms with E-state index in [1.165, 1.54) is 0 Å². The van der Waals surface area contributed by atoms with Gasteiger partial charge in [-0.3, -0.25) is 4.79 Å². The molecule has 0 aliphatic rings. The van der Waals surface area contributed by atoms with Crippen LogP contribution in [-0.4, -0.2) is 18.5 Å². The number of esters is 1. The predicted molar refractivity (Wildman–Crippen MR) is 89.7 cm³/mol. The van der Waals surface area contributed by atoms with Crippen LogP contribution in [0, 0.1) is 11.6 Å². The first-order valence-electron chi connectivity index (χ1n) is 7.15. The highest BCUT2D eigenvalue weighted by molar-refractivity contribution is 6.42. The molecule has 0 radical (unpaired) electrons. The van der Waals surface area contributed by atoms with Crippen LogP contribution in [0.4, 0.5) is 8.78 Å². The number of carbonyl (C=O) groups is 2. The molecule has 0 bridgehead atoms. The third-order valence-corrected chi connectivity index (χ3v) is 4.06. The van der Waals surface area contributed by atoms with E-state index in [9.17, 15) is 18.4 Å². The van der Waals surface area contributed by atoms with E-state index in [4.69, 9.17) is 23.2 Å². The Balaban J connectivity index is 1.94. The zero-order valence-electron chi connectivity index (χ0n) is 13.0. The standard InChI is InChI=1S/C17H13Cl2F2NO3/c1-9(10-5-6-11(18)12(19)7-10)22-15(23)8-25-17(24)16-13(20)3-2-4-14(16)21/h2-7,9H,8H2,1H3,(H,22,23)/t9-/m1/s1. The number of amides is 1. The van der Waals surface area contributed by atoms with Crippen molar-refractivity contribution in [2.45, 2.75) is 13.0 Å². The number of rotatable bonds is 5. The molecule has 4 nitrogen and oxygen atoms in total. The monoisotopic (exact) mass is 387 g/mol. The molecule has 2 aromatic rings. The van der Waals surface area contributed by atoms with Gasteiger partial charge in [-0.25, -0.2) is 13.6 Å². The lowest BCUT2D eigenvalue weighted by Gasteiger charge is -2.15. The van der Waals surface area contributed by atoms with E-state index in [0.717, 1.165) is 18.2 Å². The van der Waals surface area contributed by atoms with Crippen LogP contribution in [0.25, 0.3) is 0 Å². The number of carbonyl (C=O) groups excluding carboxylic acids is 2. The van der Waals surface area contributed by atoms with E-state index in [2.05, 4.69) is 10.1 Å². The van der Waals surface area contributed by atoms with Gasteiger partial charge in [-0.1, -0.05) is 35.3 Å². The molecule has 8 heteroatoms. The Hall–Kier alpha value is -2.18. The Morgan fingerprint density at radius 2 is 1.76 bits per heavy atom. The molecular weight excluding hydrogens is 375 g/mol. The van der Waals surface area contributed by atoms with Crippen molar-refractivity contribution < 1.29 is 23.1 Å². The van der Waals surface area contributed by atoms with Crippen molar-refractivity contribution in [2.75, 3.05) is 6.61 Å². The van der Waals surface area contributed by atoms with Crippen molar-refractivity contribution in [1.29, 1.82) is 0 Å². The van der Waals surface area contributed by atoms with E-state index in [1.54, 1.807) is 25.1 Å². The molecule has 2 rings (SSSR count). The second-order valence-corrected chi connectivity index (χ2v) is 5.95. The molecule has 1 N–H and O–H groups in total. The molecule has 0 heterocycles. The summed E-state index contributed by atoms with van der Waals surface area (Å²) in [6.07, 6.45) is 0. The largest absolute Gasteiger partial charge is 0.452 e. The summed E-state index contributed by atoms with van der Waals surface area (Å²) in [6, 6.07) is 7.38. The summed E-state index contributed by atoms with van der Waals surface area (Å²) >= 11 is 11.7. The molecule has 0 saturated carbocycles. The molecule has 0 saturated heterocycles. The van der Waals surface area contributed by atoms with E-state index < -0.39 is 41.7 Å². The summed E-state index contributed by atoms with van der Waals surface area (Å²) < 4.78 is 31.6. The van der Waals surface area contributed by atoms with Crippen LogP contribution >= 0.6 is 23.2 Å². The zero-order chi connectivity index (χ0) is 18.6. The number of hydrogen-bond donors (Lipinski definition) is 1. The van der Waals surface area contributed by atoms with Gasteiger partial charge in [0.05, 0.1) is 16.1 Å². The topological polar surface area (TPSA) is 55.4 Å². The van der Waals surface area contributed by atoms with Crippen molar-refractivity contribution in [3.63, 3.8) is 0 Å². The van der Waals surface area contributed by atoms with E-state index >= 15 is 0 Å². The minimum absolute atomic E-state index is 0.335. The van der Waals surface area contributed by atoms with Crippen molar-refractivity contribution in [3.8, 4) is 0 Å². The Morgan fingerprint density at radius 3 is 2.36 bits per heavy atom. The van der Waals surface area contributed by atoms with Gasteiger partial charge < -0.3 is 10.1 Å². The molecule has 1 amide bonds. The Bertz CT molecular complexity index is 794. The summed E-state index contributed by atoms with van der Waals surface area (Å²) in [5, 5.41) is 3.29. The zero-order valence-corrected chi connectivity index (χ0v) is 14.5. The van der Waals surface area contributed by atoms with Crippen LogP contribution in [0.15, 0.2) is 36.4 Å². The lowest BCUT2D eigenvalue weighted by molar-refractivity contribution is -0.124. The van der Waals surface area contributed by atoms with Crippen molar-refractivity contribution in [3.05, 3.63) is 69.2 Å². The first-order chi connectivity index (χ1) is 11.8. The first-order valence-corrected chi connectivity index (χ1v) is 7.90. The van der Waals surface area contributed by atoms with Gasteiger partial charge in [0.1, 0.15) is 17.2 Å². The van der Waals surface area contributed by atoms with Gasteiger partial charge in [-0.05, 0) is 36.8 Å². The van der Waals surface area contributed by atoms with Crippen LogP contribution in [-0.2, 0) is 9.53 Å². The van der Waals surface area contributed by atoms with Crippen molar-refractivity contribution in [1.82, 2.24) is 5.32 Å². The lowest BCUT2D eigenvalue weighted by atomic mass is 10.1. The molecule has 0 aliphatic heterocycles. The van der Waals surface area contributed by atoms with E-state index in [-0.39, 0.29) is 0 Å². The lowest BCUT2D eigenvalue weighted by Crippen LogP contribution is -2.31. The highest BCUT2D eigenvalue weighted by Gasteiger charge is 2.20. The molecule has 132 valence electrons. The molecule has 1 atom stereocenters. The second-order valence-electron chi connectivity index (χ2n) is 5.14. The highest BCUT2D eigenvalue weighted by atomic mass is 35.5. The third-order valence-electron chi connectivity index (χ3n) is 3.32. The number of hydrogen-bond acceptors (Lipinski definition) is 3. The predicted octanol–water partition coefficient (Wildman–Crippen LogP) is 4.31. The van der Waals surface area contributed by atoms with Gasteiger partial charge in [-0.2, -0.15) is 0 Å². The van der Waals surface area contributed by atoms with Gasteiger partial charge in [0.2, 0.25) is 0 Å². The maximum Gasteiger partial charge on any atom is 0.344 e. The molecule has 0 spiro atoms. The molecule has 25 heavy (non-hydrogen) atoms. The summed E-state index contributed by atoms with van der Waals surface area (Å²) in [6.45, 7) is 1.01. The molecule has 2 aromatic carbocycles. The molecule has 0 aromatic heterocycles. The normalized spacial score (nSPS) is 11.7. The van der Waals surface area contributed by atoms with Crippen LogP contribution in [0.1, 0.15) is 28.9 Å². The fraction of sp³-hybridized carbons (Fsp3) is 0.176.